The predicted octanol–water partition coefficient (Wildman–Crippen LogP) is 3.82. The molecule has 0 aliphatic rings. The van der Waals surface area contributed by atoms with Crippen LogP contribution in [0.5, 0.6) is 0 Å². The summed E-state index contributed by atoms with van der Waals surface area (Å²) in [5.74, 6) is -1.54. The summed E-state index contributed by atoms with van der Waals surface area (Å²) >= 11 is 7.35. The summed E-state index contributed by atoms with van der Waals surface area (Å²) in [6, 6.07) is 11.5. The average Bonchev–Trinajstić information content (AvgIpc) is 3.00. The summed E-state index contributed by atoms with van der Waals surface area (Å²) in [4.78, 5) is 28.9. The summed E-state index contributed by atoms with van der Waals surface area (Å²) in [6.07, 6.45) is 0. The second kappa shape index (κ2) is 6.59. The van der Waals surface area contributed by atoms with E-state index in [-0.39, 0.29) is 0 Å². The van der Waals surface area contributed by atoms with Gasteiger partial charge in [-0.25, -0.2) is 4.98 Å². The molecule has 0 fully saturated rings. The highest BCUT2D eigenvalue weighted by atomic mass is 35.5. The minimum atomic E-state index is -1.09. The number of amides is 1. The standard InChI is InChI=1S/C17H13ClN2O3S/c1-9(17(22)23)19-16(21)11-8-13(14-6-7-15(18)24-14)20-12-5-3-2-4-10(11)12/h2-9H,1H3,(H,19,21)(H,22,23)/t9-/m1/s1. The molecule has 1 amide bonds. The number of carbonyl (C=O) groups excluding carboxylic acids is 1. The van der Waals surface area contributed by atoms with E-state index >= 15 is 0 Å². The summed E-state index contributed by atoms with van der Waals surface area (Å²) in [5.41, 5.74) is 1.67. The summed E-state index contributed by atoms with van der Waals surface area (Å²) in [5, 5.41) is 12.1. The highest BCUT2D eigenvalue weighted by Gasteiger charge is 2.19. The average molecular weight is 361 g/mol. The Bertz CT molecular complexity index is 938. The van der Waals surface area contributed by atoms with Gasteiger partial charge in [0.25, 0.3) is 5.91 Å². The molecule has 24 heavy (non-hydrogen) atoms. The first kappa shape index (κ1) is 16.4. The van der Waals surface area contributed by atoms with Crippen LogP contribution in [-0.4, -0.2) is 28.0 Å². The van der Waals surface area contributed by atoms with Gasteiger partial charge in [-0.3, -0.25) is 9.59 Å². The van der Waals surface area contributed by atoms with E-state index in [1.54, 1.807) is 18.2 Å². The van der Waals surface area contributed by atoms with E-state index in [1.807, 2.05) is 24.3 Å². The molecule has 2 aromatic heterocycles. The van der Waals surface area contributed by atoms with E-state index in [0.29, 0.717) is 26.5 Å². The first-order valence-corrected chi connectivity index (χ1v) is 8.34. The predicted molar refractivity (Wildman–Crippen MR) is 94.6 cm³/mol. The Labute approximate surface area is 146 Å². The first-order valence-electron chi connectivity index (χ1n) is 7.15. The fourth-order valence-corrected chi connectivity index (χ4v) is 3.28. The minimum absolute atomic E-state index is 0.383. The van der Waals surface area contributed by atoms with Gasteiger partial charge in [-0.15, -0.1) is 11.3 Å². The van der Waals surface area contributed by atoms with Crippen LogP contribution in [-0.2, 0) is 4.79 Å². The Morgan fingerprint density at radius 2 is 2.00 bits per heavy atom. The van der Waals surface area contributed by atoms with Gasteiger partial charge in [0.15, 0.2) is 0 Å². The van der Waals surface area contributed by atoms with E-state index in [2.05, 4.69) is 10.3 Å². The fourth-order valence-electron chi connectivity index (χ4n) is 2.28. The zero-order valence-electron chi connectivity index (χ0n) is 12.6. The van der Waals surface area contributed by atoms with E-state index in [1.165, 1.54) is 18.3 Å². The van der Waals surface area contributed by atoms with Crippen LogP contribution in [0.15, 0.2) is 42.5 Å². The topological polar surface area (TPSA) is 79.3 Å². The zero-order chi connectivity index (χ0) is 17.3. The number of pyridine rings is 1. The molecule has 0 aliphatic heterocycles. The number of rotatable bonds is 4. The van der Waals surface area contributed by atoms with Crippen molar-refractivity contribution in [2.24, 2.45) is 0 Å². The Hall–Kier alpha value is -2.44. The number of carboxylic acids is 1. The molecule has 0 aliphatic carbocycles. The molecule has 3 rings (SSSR count). The lowest BCUT2D eigenvalue weighted by atomic mass is 10.1. The van der Waals surface area contributed by atoms with Crippen LogP contribution >= 0.6 is 22.9 Å². The number of carboxylic acid groups (broad SMARTS) is 1. The second-order valence-electron chi connectivity index (χ2n) is 5.21. The van der Waals surface area contributed by atoms with E-state index in [4.69, 9.17) is 16.7 Å². The summed E-state index contributed by atoms with van der Waals surface area (Å²) in [6.45, 7) is 1.42. The Balaban J connectivity index is 2.11. The number of nitrogens with zero attached hydrogens (tertiary/aromatic N) is 1. The second-order valence-corrected chi connectivity index (χ2v) is 6.92. The number of carbonyl (C=O) groups is 2. The van der Waals surface area contributed by atoms with Gasteiger partial charge in [0.05, 0.1) is 26.0 Å². The number of thiophene rings is 1. The van der Waals surface area contributed by atoms with Crippen LogP contribution in [0.4, 0.5) is 0 Å². The van der Waals surface area contributed by atoms with Crippen molar-refractivity contribution in [1.29, 1.82) is 0 Å². The number of benzene rings is 1. The molecule has 5 nitrogen and oxygen atoms in total. The maximum atomic E-state index is 12.5. The number of halogens is 1. The molecule has 3 aromatic rings. The van der Waals surface area contributed by atoms with E-state index < -0.39 is 17.9 Å². The summed E-state index contributed by atoms with van der Waals surface area (Å²) in [7, 11) is 0. The smallest absolute Gasteiger partial charge is 0.325 e. The number of nitrogens with one attached hydrogen (secondary N) is 1. The Kier molecular flexibility index (Phi) is 4.51. The van der Waals surface area contributed by atoms with E-state index in [0.717, 1.165) is 4.88 Å². The lowest BCUT2D eigenvalue weighted by molar-refractivity contribution is -0.138. The molecule has 0 saturated carbocycles. The largest absolute Gasteiger partial charge is 0.480 e. The molecular formula is C17H13ClN2O3S. The van der Waals surface area contributed by atoms with Crippen LogP contribution < -0.4 is 5.32 Å². The molecule has 122 valence electrons. The third-order valence-electron chi connectivity index (χ3n) is 3.50. The van der Waals surface area contributed by atoms with Crippen LogP contribution in [0, 0.1) is 0 Å². The molecule has 0 saturated heterocycles. The molecule has 0 radical (unpaired) electrons. The quantitative estimate of drug-likeness (QED) is 0.741. The van der Waals surface area contributed by atoms with Crippen molar-refractivity contribution >= 4 is 45.7 Å². The monoisotopic (exact) mass is 360 g/mol. The zero-order valence-corrected chi connectivity index (χ0v) is 14.2. The molecular weight excluding hydrogens is 348 g/mol. The van der Waals surface area contributed by atoms with Gasteiger partial charge in [-0.05, 0) is 31.2 Å². The molecule has 7 heteroatoms. The lowest BCUT2D eigenvalue weighted by Gasteiger charge is -2.12. The molecule has 1 atom stereocenters. The number of para-hydroxylation sites is 1. The highest BCUT2D eigenvalue weighted by Crippen LogP contribution is 2.32. The maximum Gasteiger partial charge on any atom is 0.325 e. The van der Waals surface area contributed by atoms with Crippen molar-refractivity contribution < 1.29 is 14.7 Å². The van der Waals surface area contributed by atoms with Gasteiger partial charge in [-0.1, -0.05) is 29.8 Å². The molecule has 0 bridgehead atoms. The van der Waals surface area contributed by atoms with Crippen molar-refractivity contribution in [3.05, 3.63) is 52.4 Å². The van der Waals surface area contributed by atoms with Crippen LogP contribution in [0.1, 0.15) is 17.3 Å². The van der Waals surface area contributed by atoms with Gasteiger partial charge in [0.1, 0.15) is 6.04 Å². The van der Waals surface area contributed by atoms with Gasteiger partial charge in [0, 0.05) is 5.39 Å². The van der Waals surface area contributed by atoms with Crippen molar-refractivity contribution in [3.63, 3.8) is 0 Å². The van der Waals surface area contributed by atoms with Crippen molar-refractivity contribution in [2.45, 2.75) is 13.0 Å². The van der Waals surface area contributed by atoms with Crippen LogP contribution in [0.25, 0.3) is 21.5 Å². The molecule has 0 unspecified atom stereocenters. The van der Waals surface area contributed by atoms with Gasteiger partial charge < -0.3 is 10.4 Å². The first-order chi connectivity index (χ1) is 11.5. The van der Waals surface area contributed by atoms with Gasteiger partial charge in [0.2, 0.25) is 0 Å². The molecule has 0 spiro atoms. The lowest BCUT2D eigenvalue weighted by Crippen LogP contribution is -2.38. The highest BCUT2D eigenvalue weighted by molar-refractivity contribution is 7.19. The number of aliphatic carboxylic acids is 1. The maximum absolute atomic E-state index is 12.5. The SMILES string of the molecule is C[C@@H](NC(=O)c1cc(-c2ccc(Cl)s2)nc2ccccc12)C(=O)O. The normalized spacial score (nSPS) is 12.1. The third kappa shape index (κ3) is 3.25. The van der Waals surface area contributed by atoms with Crippen molar-refractivity contribution in [3.8, 4) is 10.6 Å². The molecule has 2 N–H and O–H groups in total. The van der Waals surface area contributed by atoms with Gasteiger partial charge in [-0.2, -0.15) is 0 Å². The molecule has 2 heterocycles. The number of hydrogen-bond acceptors (Lipinski definition) is 4. The van der Waals surface area contributed by atoms with Crippen LogP contribution in [0.3, 0.4) is 0 Å². The van der Waals surface area contributed by atoms with Gasteiger partial charge >= 0.3 is 5.97 Å². The minimum Gasteiger partial charge on any atom is -0.480 e. The number of aromatic nitrogens is 1. The van der Waals surface area contributed by atoms with E-state index in [9.17, 15) is 9.59 Å². The molecule has 1 aromatic carbocycles. The van der Waals surface area contributed by atoms with Crippen molar-refractivity contribution in [2.75, 3.05) is 0 Å². The fraction of sp³-hybridized carbons (Fsp3) is 0.118. The number of hydrogen-bond donors (Lipinski definition) is 2. The number of fused-ring (bicyclic) bond motifs is 1. The van der Waals surface area contributed by atoms with Crippen LogP contribution in [0.2, 0.25) is 4.34 Å². The van der Waals surface area contributed by atoms with Crippen molar-refractivity contribution in [1.82, 2.24) is 10.3 Å². The Morgan fingerprint density at radius 1 is 1.25 bits per heavy atom. The Morgan fingerprint density at radius 3 is 2.67 bits per heavy atom. The summed E-state index contributed by atoms with van der Waals surface area (Å²) < 4.78 is 0.630. The third-order valence-corrected chi connectivity index (χ3v) is 4.76.